The van der Waals surface area contributed by atoms with Crippen LogP contribution in [0.25, 0.3) is 0 Å². The first-order valence-electron chi connectivity index (χ1n) is 7.98. The molecule has 1 aliphatic rings. The average molecular weight is 378 g/mol. The Bertz CT molecular complexity index is 924. The number of furan rings is 1. The van der Waals surface area contributed by atoms with Crippen molar-refractivity contribution in [2.24, 2.45) is 0 Å². The summed E-state index contributed by atoms with van der Waals surface area (Å²) in [6, 6.07) is 8.38. The fourth-order valence-corrected chi connectivity index (χ4v) is 4.18. The second kappa shape index (κ2) is 6.93. The zero-order valence-corrected chi connectivity index (χ0v) is 14.9. The molecule has 2 heterocycles. The van der Waals surface area contributed by atoms with Crippen LogP contribution in [0.2, 0.25) is 0 Å². The molecule has 0 saturated carbocycles. The summed E-state index contributed by atoms with van der Waals surface area (Å²) >= 11 is 0. The van der Waals surface area contributed by atoms with Crippen molar-refractivity contribution in [1.82, 2.24) is 9.21 Å². The third kappa shape index (κ3) is 3.49. The second-order valence-electron chi connectivity index (χ2n) is 5.94. The molecule has 1 aliphatic heterocycles. The Morgan fingerprint density at radius 2 is 1.62 bits per heavy atom. The highest BCUT2D eigenvalue weighted by Gasteiger charge is 2.31. The number of carboxylic acids is 1. The number of hydrogen-bond donors (Lipinski definition) is 1. The number of carbonyl (C=O) groups excluding carboxylic acids is 1. The van der Waals surface area contributed by atoms with E-state index in [9.17, 15) is 18.0 Å². The Labute approximate surface area is 150 Å². The lowest BCUT2D eigenvalue weighted by molar-refractivity contribution is 0.0663. The molecule has 1 aromatic heterocycles. The van der Waals surface area contributed by atoms with E-state index >= 15 is 0 Å². The average Bonchev–Trinajstić information content (AvgIpc) is 3.07. The lowest BCUT2D eigenvalue weighted by Gasteiger charge is -2.33. The predicted molar refractivity (Wildman–Crippen MR) is 91.5 cm³/mol. The maximum Gasteiger partial charge on any atom is 0.335 e. The van der Waals surface area contributed by atoms with Gasteiger partial charge in [0, 0.05) is 26.2 Å². The largest absolute Gasteiger partial charge is 0.478 e. The highest BCUT2D eigenvalue weighted by atomic mass is 32.2. The monoisotopic (exact) mass is 378 g/mol. The zero-order chi connectivity index (χ0) is 18.9. The van der Waals surface area contributed by atoms with Crippen LogP contribution >= 0.6 is 0 Å². The number of aryl methyl sites for hydroxylation is 1. The number of rotatable bonds is 4. The number of amides is 1. The smallest absolute Gasteiger partial charge is 0.335 e. The molecule has 0 spiro atoms. The van der Waals surface area contributed by atoms with E-state index in [0.29, 0.717) is 5.76 Å². The molecule has 1 N–H and O–H groups in total. The Balaban J connectivity index is 1.68. The highest BCUT2D eigenvalue weighted by Crippen LogP contribution is 2.19. The summed E-state index contributed by atoms with van der Waals surface area (Å²) in [6.45, 7) is 2.58. The lowest BCUT2D eigenvalue weighted by Crippen LogP contribution is -2.50. The van der Waals surface area contributed by atoms with E-state index in [0.717, 1.165) is 0 Å². The highest BCUT2D eigenvalue weighted by molar-refractivity contribution is 7.89. The van der Waals surface area contributed by atoms with Crippen LogP contribution in [-0.2, 0) is 10.0 Å². The molecule has 2 aromatic rings. The standard InChI is InChI=1S/C17H18N2O6S/c1-12-2-7-15(25-12)16(20)18-8-10-19(11-9-18)26(23,24)14-5-3-13(4-6-14)17(21)22/h2-7H,8-11H2,1H3,(H,21,22). The maximum absolute atomic E-state index is 12.7. The van der Waals surface area contributed by atoms with Gasteiger partial charge in [-0.05, 0) is 43.3 Å². The number of nitrogens with zero attached hydrogens (tertiary/aromatic N) is 2. The number of aromatic carboxylic acids is 1. The van der Waals surface area contributed by atoms with Gasteiger partial charge in [0.15, 0.2) is 5.76 Å². The van der Waals surface area contributed by atoms with E-state index in [-0.39, 0.29) is 48.3 Å². The Morgan fingerprint density at radius 3 is 2.12 bits per heavy atom. The number of sulfonamides is 1. The number of carboxylic acid groups (broad SMARTS) is 1. The molecule has 138 valence electrons. The van der Waals surface area contributed by atoms with Gasteiger partial charge in [0.2, 0.25) is 10.0 Å². The molecule has 0 aliphatic carbocycles. The molecule has 26 heavy (non-hydrogen) atoms. The van der Waals surface area contributed by atoms with Gasteiger partial charge in [0.05, 0.1) is 10.5 Å². The molecule has 3 rings (SSSR count). The molecule has 9 heteroatoms. The predicted octanol–water partition coefficient (Wildman–Crippen LogP) is 1.43. The molecule has 1 fully saturated rings. The molecule has 1 saturated heterocycles. The van der Waals surface area contributed by atoms with Crippen LogP contribution in [0.15, 0.2) is 45.7 Å². The van der Waals surface area contributed by atoms with Crippen molar-refractivity contribution >= 4 is 21.9 Å². The van der Waals surface area contributed by atoms with Gasteiger partial charge < -0.3 is 14.4 Å². The van der Waals surface area contributed by atoms with Gasteiger partial charge in [0.25, 0.3) is 5.91 Å². The Hall–Kier alpha value is -2.65. The van der Waals surface area contributed by atoms with E-state index < -0.39 is 16.0 Å². The molecule has 0 bridgehead atoms. The van der Waals surface area contributed by atoms with Crippen LogP contribution in [0.5, 0.6) is 0 Å². The normalized spacial score (nSPS) is 15.8. The van der Waals surface area contributed by atoms with Crippen molar-refractivity contribution in [3.05, 3.63) is 53.5 Å². The van der Waals surface area contributed by atoms with Gasteiger partial charge in [-0.25, -0.2) is 13.2 Å². The van der Waals surface area contributed by atoms with Gasteiger partial charge in [-0.15, -0.1) is 0 Å². The summed E-state index contributed by atoms with van der Waals surface area (Å²) in [7, 11) is -3.74. The topological polar surface area (TPSA) is 108 Å². The van der Waals surface area contributed by atoms with Gasteiger partial charge in [0.1, 0.15) is 5.76 Å². The van der Waals surface area contributed by atoms with E-state index in [2.05, 4.69) is 0 Å². The quantitative estimate of drug-likeness (QED) is 0.862. The van der Waals surface area contributed by atoms with Crippen molar-refractivity contribution < 1.29 is 27.5 Å². The summed E-state index contributed by atoms with van der Waals surface area (Å²) < 4.78 is 32.0. The van der Waals surface area contributed by atoms with Gasteiger partial charge >= 0.3 is 5.97 Å². The Morgan fingerprint density at radius 1 is 1.00 bits per heavy atom. The van der Waals surface area contributed by atoms with Gasteiger partial charge in [-0.3, -0.25) is 4.79 Å². The maximum atomic E-state index is 12.7. The molecular formula is C17H18N2O6S. The minimum Gasteiger partial charge on any atom is -0.478 e. The van der Waals surface area contributed by atoms with Gasteiger partial charge in [-0.2, -0.15) is 4.31 Å². The van der Waals surface area contributed by atoms with Crippen molar-refractivity contribution in [3.63, 3.8) is 0 Å². The first-order chi connectivity index (χ1) is 12.3. The minimum atomic E-state index is -3.74. The van der Waals surface area contributed by atoms with Crippen molar-refractivity contribution in [2.45, 2.75) is 11.8 Å². The summed E-state index contributed by atoms with van der Waals surface area (Å²) in [5.74, 6) is -0.502. The fraction of sp³-hybridized carbons (Fsp3) is 0.294. The first kappa shape index (κ1) is 18.2. The number of hydrogen-bond acceptors (Lipinski definition) is 5. The minimum absolute atomic E-state index is 0.0214. The van der Waals surface area contributed by atoms with Crippen molar-refractivity contribution in [1.29, 1.82) is 0 Å². The lowest BCUT2D eigenvalue weighted by atomic mass is 10.2. The number of piperazine rings is 1. The molecule has 0 atom stereocenters. The van der Waals surface area contributed by atoms with E-state index in [1.54, 1.807) is 24.0 Å². The summed E-state index contributed by atoms with van der Waals surface area (Å²) in [4.78, 5) is 24.8. The first-order valence-corrected chi connectivity index (χ1v) is 9.42. The van der Waals surface area contributed by atoms with Crippen molar-refractivity contribution in [2.75, 3.05) is 26.2 Å². The molecule has 0 unspecified atom stereocenters. The van der Waals surface area contributed by atoms with Crippen LogP contribution in [0.1, 0.15) is 26.7 Å². The molecule has 1 aromatic carbocycles. The third-order valence-corrected chi connectivity index (χ3v) is 6.13. The fourth-order valence-electron chi connectivity index (χ4n) is 2.76. The van der Waals surface area contributed by atoms with Crippen LogP contribution in [0.3, 0.4) is 0 Å². The van der Waals surface area contributed by atoms with E-state index in [1.807, 2.05) is 0 Å². The molecular weight excluding hydrogens is 360 g/mol. The number of carbonyl (C=O) groups is 2. The Kier molecular flexibility index (Phi) is 4.84. The SMILES string of the molecule is Cc1ccc(C(=O)N2CCN(S(=O)(=O)c3ccc(C(=O)O)cc3)CC2)o1. The van der Waals surface area contributed by atoms with Crippen molar-refractivity contribution in [3.8, 4) is 0 Å². The van der Waals surface area contributed by atoms with Crippen LogP contribution in [0, 0.1) is 6.92 Å². The molecule has 8 nitrogen and oxygen atoms in total. The molecule has 0 radical (unpaired) electrons. The number of benzene rings is 1. The van der Waals surface area contributed by atoms with Crippen LogP contribution in [-0.4, -0.2) is 60.8 Å². The second-order valence-corrected chi connectivity index (χ2v) is 7.87. The van der Waals surface area contributed by atoms with Crippen LogP contribution < -0.4 is 0 Å². The zero-order valence-electron chi connectivity index (χ0n) is 14.1. The summed E-state index contributed by atoms with van der Waals surface area (Å²) in [5, 5.41) is 8.90. The van der Waals surface area contributed by atoms with E-state index in [1.165, 1.54) is 28.6 Å². The van der Waals surface area contributed by atoms with E-state index in [4.69, 9.17) is 9.52 Å². The summed E-state index contributed by atoms with van der Waals surface area (Å²) in [6.07, 6.45) is 0. The van der Waals surface area contributed by atoms with Gasteiger partial charge in [-0.1, -0.05) is 0 Å². The molecule has 1 amide bonds. The third-order valence-electron chi connectivity index (χ3n) is 4.22. The summed E-state index contributed by atoms with van der Waals surface area (Å²) in [5.41, 5.74) is 0.0214. The van der Waals surface area contributed by atoms with Crippen LogP contribution in [0.4, 0.5) is 0 Å².